The largest absolute Gasteiger partial charge is 0.492 e. The third-order valence-electron chi connectivity index (χ3n) is 4.93. The van der Waals surface area contributed by atoms with Gasteiger partial charge in [0.1, 0.15) is 12.4 Å². The Balaban J connectivity index is 1.51. The summed E-state index contributed by atoms with van der Waals surface area (Å²) in [5.74, 6) is 0.627. The molecule has 2 fully saturated rings. The molecule has 1 spiro atoms. The number of para-hydroxylation sites is 1. The van der Waals surface area contributed by atoms with Crippen molar-refractivity contribution in [2.75, 3.05) is 32.1 Å². The Hall–Kier alpha value is -1.15. The lowest BCUT2D eigenvalue weighted by Gasteiger charge is -2.46. The first-order valence-corrected chi connectivity index (χ1v) is 10.1. The van der Waals surface area contributed by atoms with E-state index in [0.717, 1.165) is 12.8 Å². The van der Waals surface area contributed by atoms with Gasteiger partial charge in [-0.2, -0.15) is 0 Å². The van der Waals surface area contributed by atoms with E-state index < -0.39 is 21.7 Å². The highest BCUT2D eigenvalue weighted by Crippen LogP contribution is 2.35. The number of aliphatic hydroxyl groups is 1. The molecule has 0 aliphatic carbocycles. The van der Waals surface area contributed by atoms with E-state index in [0.29, 0.717) is 38.3 Å². The van der Waals surface area contributed by atoms with E-state index in [9.17, 15) is 13.5 Å². The minimum atomic E-state index is -3.36. The SMILES string of the molecule is O=S(=O)(CCOc1ccccc1)N1CCC2(CC1)OCCC[C@H]2O. The lowest BCUT2D eigenvalue weighted by atomic mass is 9.82. The number of sulfonamides is 1. The van der Waals surface area contributed by atoms with Crippen LogP contribution >= 0.6 is 0 Å². The highest BCUT2D eigenvalue weighted by atomic mass is 32.2. The Bertz CT molecular complexity index is 626. The predicted molar refractivity (Wildman–Crippen MR) is 90.5 cm³/mol. The van der Waals surface area contributed by atoms with Crippen LogP contribution in [0.2, 0.25) is 0 Å². The van der Waals surface area contributed by atoms with E-state index in [4.69, 9.17) is 9.47 Å². The second kappa shape index (κ2) is 7.39. The fourth-order valence-corrected chi connectivity index (χ4v) is 4.73. The monoisotopic (exact) mass is 355 g/mol. The van der Waals surface area contributed by atoms with E-state index in [1.54, 1.807) is 12.1 Å². The van der Waals surface area contributed by atoms with Gasteiger partial charge in [0.25, 0.3) is 0 Å². The van der Waals surface area contributed by atoms with Crippen molar-refractivity contribution in [1.82, 2.24) is 4.31 Å². The smallest absolute Gasteiger partial charge is 0.217 e. The minimum Gasteiger partial charge on any atom is -0.492 e. The summed E-state index contributed by atoms with van der Waals surface area (Å²) in [7, 11) is -3.36. The molecule has 2 aliphatic rings. The molecule has 0 aromatic heterocycles. The van der Waals surface area contributed by atoms with Gasteiger partial charge in [0.05, 0.1) is 17.5 Å². The van der Waals surface area contributed by atoms with Crippen molar-refractivity contribution in [3.05, 3.63) is 30.3 Å². The lowest BCUT2D eigenvalue weighted by molar-refractivity contribution is -0.172. The molecule has 6 nitrogen and oxygen atoms in total. The van der Waals surface area contributed by atoms with Crippen molar-refractivity contribution in [2.24, 2.45) is 0 Å². The summed E-state index contributed by atoms with van der Waals surface area (Å²) in [6, 6.07) is 9.19. The molecule has 0 amide bonds. The van der Waals surface area contributed by atoms with Gasteiger partial charge >= 0.3 is 0 Å². The fourth-order valence-electron chi connectivity index (χ4n) is 3.44. The summed E-state index contributed by atoms with van der Waals surface area (Å²) < 4.78 is 37.8. The topological polar surface area (TPSA) is 76.1 Å². The highest BCUT2D eigenvalue weighted by Gasteiger charge is 2.45. The maximum absolute atomic E-state index is 12.5. The first-order chi connectivity index (χ1) is 11.5. The predicted octanol–water partition coefficient (Wildman–Crippen LogP) is 1.40. The van der Waals surface area contributed by atoms with Gasteiger partial charge in [-0.25, -0.2) is 12.7 Å². The Morgan fingerprint density at radius 1 is 1.25 bits per heavy atom. The molecule has 2 saturated heterocycles. The maximum Gasteiger partial charge on any atom is 0.217 e. The summed E-state index contributed by atoms with van der Waals surface area (Å²) in [6.45, 7) is 1.57. The third-order valence-corrected chi connectivity index (χ3v) is 6.77. The summed E-state index contributed by atoms with van der Waals surface area (Å²) in [6.07, 6.45) is 2.21. The third kappa shape index (κ3) is 3.91. The number of rotatable bonds is 5. The van der Waals surface area contributed by atoms with E-state index >= 15 is 0 Å². The molecule has 2 heterocycles. The number of aliphatic hydroxyl groups excluding tert-OH is 1. The lowest BCUT2D eigenvalue weighted by Crippen LogP contribution is -2.56. The summed E-state index contributed by atoms with van der Waals surface area (Å²) in [4.78, 5) is 0. The van der Waals surface area contributed by atoms with Gasteiger partial charge < -0.3 is 14.6 Å². The minimum absolute atomic E-state index is 0.0433. The normalized spacial score (nSPS) is 24.8. The number of hydrogen-bond acceptors (Lipinski definition) is 5. The Kier molecular flexibility index (Phi) is 5.44. The van der Waals surface area contributed by atoms with Crippen LogP contribution < -0.4 is 4.74 Å². The molecule has 7 heteroatoms. The molecular weight excluding hydrogens is 330 g/mol. The standard InChI is InChI=1S/C17H25NO5S/c19-16-7-4-12-23-17(16)8-10-18(11-9-17)24(20,21)14-13-22-15-5-2-1-3-6-15/h1-3,5-6,16,19H,4,7-14H2/t16-/m1/s1. The van der Waals surface area contributed by atoms with Crippen LogP contribution in [0.1, 0.15) is 25.7 Å². The van der Waals surface area contributed by atoms with Crippen molar-refractivity contribution in [1.29, 1.82) is 0 Å². The molecule has 1 aromatic carbocycles. The van der Waals surface area contributed by atoms with Crippen molar-refractivity contribution in [3.63, 3.8) is 0 Å². The number of benzene rings is 1. The van der Waals surface area contributed by atoms with E-state index in [1.165, 1.54) is 4.31 Å². The molecular formula is C17H25NO5S. The molecule has 0 radical (unpaired) electrons. The average molecular weight is 355 g/mol. The Morgan fingerprint density at radius 3 is 2.62 bits per heavy atom. The van der Waals surface area contributed by atoms with E-state index in [-0.39, 0.29) is 12.4 Å². The molecule has 0 saturated carbocycles. The summed E-state index contributed by atoms with van der Waals surface area (Å²) in [5, 5.41) is 10.2. The quantitative estimate of drug-likeness (QED) is 0.864. The molecule has 1 N–H and O–H groups in total. The summed E-state index contributed by atoms with van der Waals surface area (Å²) in [5.41, 5.74) is -0.551. The molecule has 2 aliphatic heterocycles. The van der Waals surface area contributed by atoms with Crippen LogP contribution in [0.3, 0.4) is 0 Å². The molecule has 3 rings (SSSR count). The molecule has 1 aromatic rings. The molecule has 0 bridgehead atoms. The number of piperidine rings is 1. The van der Waals surface area contributed by atoms with Crippen molar-refractivity contribution in [3.8, 4) is 5.75 Å². The van der Waals surface area contributed by atoms with Gasteiger partial charge in [-0.15, -0.1) is 0 Å². The van der Waals surface area contributed by atoms with Gasteiger partial charge in [0, 0.05) is 19.7 Å². The van der Waals surface area contributed by atoms with E-state index in [2.05, 4.69) is 0 Å². The van der Waals surface area contributed by atoms with Crippen LogP contribution in [-0.4, -0.2) is 61.6 Å². The van der Waals surface area contributed by atoms with Gasteiger partial charge in [-0.1, -0.05) is 18.2 Å². The first kappa shape index (κ1) is 17.7. The van der Waals surface area contributed by atoms with Gasteiger partial charge in [-0.05, 0) is 37.8 Å². The highest BCUT2D eigenvalue weighted by molar-refractivity contribution is 7.89. The van der Waals surface area contributed by atoms with Crippen LogP contribution in [0.15, 0.2) is 30.3 Å². The van der Waals surface area contributed by atoms with E-state index in [1.807, 2.05) is 18.2 Å². The van der Waals surface area contributed by atoms with Crippen molar-refractivity contribution in [2.45, 2.75) is 37.4 Å². The van der Waals surface area contributed by atoms with Crippen molar-refractivity contribution < 1.29 is 23.0 Å². The second-order valence-electron chi connectivity index (χ2n) is 6.45. The van der Waals surface area contributed by atoms with Gasteiger partial charge in [-0.3, -0.25) is 0 Å². The zero-order valence-corrected chi connectivity index (χ0v) is 14.6. The fraction of sp³-hybridized carbons (Fsp3) is 0.647. The molecule has 1 atom stereocenters. The molecule has 24 heavy (non-hydrogen) atoms. The average Bonchev–Trinajstić information content (AvgIpc) is 2.59. The van der Waals surface area contributed by atoms with Crippen LogP contribution in [-0.2, 0) is 14.8 Å². The van der Waals surface area contributed by atoms with Gasteiger partial charge in [0.2, 0.25) is 10.0 Å². The first-order valence-electron chi connectivity index (χ1n) is 8.50. The zero-order valence-electron chi connectivity index (χ0n) is 13.8. The van der Waals surface area contributed by atoms with Crippen molar-refractivity contribution >= 4 is 10.0 Å². The van der Waals surface area contributed by atoms with Crippen LogP contribution in [0.25, 0.3) is 0 Å². The van der Waals surface area contributed by atoms with Crippen LogP contribution in [0, 0.1) is 0 Å². The van der Waals surface area contributed by atoms with Crippen LogP contribution in [0.4, 0.5) is 0 Å². The number of ether oxygens (including phenoxy) is 2. The van der Waals surface area contributed by atoms with Gasteiger partial charge in [0.15, 0.2) is 0 Å². The Labute approximate surface area is 143 Å². The molecule has 134 valence electrons. The number of nitrogens with zero attached hydrogens (tertiary/aromatic N) is 1. The second-order valence-corrected chi connectivity index (χ2v) is 8.54. The zero-order chi connectivity index (χ0) is 17.0. The molecule has 0 unspecified atom stereocenters. The number of hydrogen-bond donors (Lipinski definition) is 1. The Morgan fingerprint density at radius 2 is 1.96 bits per heavy atom. The summed E-state index contributed by atoms with van der Waals surface area (Å²) >= 11 is 0. The van der Waals surface area contributed by atoms with Crippen LogP contribution in [0.5, 0.6) is 5.75 Å². The maximum atomic E-state index is 12.5.